The first kappa shape index (κ1) is 15.5. The number of thiophene rings is 2. The smallest absolute Gasteiger partial charge is 0.182 e. The summed E-state index contributed by atoms with van der Waals surface area (Å²) in [7, 11) is 0. The molecule has 0 aliphatic rings. The molecule has 108 valence electrons. The van der Waals surface area contributed by atoms with Crippen LogP contribution in [0.15, 0.2) is 46.9 Å². The lowest BCUT2D eigenvalue weighted by molar-refractivity contribution is -0.110. The van der Waals surface area contributed by atoms with Gasteiger partial charge in [0.05, 0.1) is 0 Å². The normalized spacial score (nSPS) is 12.6. The lowest BCUT2D eigenvalue weighted by atomic mass is 10.2. The number of hydrogen-bond donors (Lipinski definition) is 1. The molecule has 0 unspecified atom stereocenters. The van der Waals surface area contributed by atoms with E-state index in [1.165, 1.54) is 29.4 Å². The Labute approximate surface area is 132 Å². The second-order valence-electron chi connectivity index (χ2n) is 4.69. The van der Waals surface area contributed by atoms with Crippen molar-refractivity contribution >= 4 is 40.6 Å². The molecule has 0 radical (unpaired) electrons. The molecule has 4 heteroatoms. The zero-order valence-electron chi connectivity index (χ0n) is 11.9. The van der Waals surface area contributed by atoms with Gasteiger partial charge >= 0.3 is 0 Å². The molecule has 0 saturated carbocycles. The van der Waals surface area contributed by atoms with Crippen LogP contribution in [0.25, 0.3) is 12.2 Å². The second-order valence-corrected chi connectivity index (χ2v) is 6.58. The summed E-state index contributed by atoms with van der Waals surface area (Å²) in [4.78, 5) is 13.8. The molecule has 0 aliphatic heterocycles. The zero-order chi connectivity index (χ0) is 15.2. The zero-order valence-corrected chi connectivity index (χ0v) is 13.5. The second kappa shape index (κ2) is 7.20. The lowest BCUT2D eigenvalue weighted by Gasteiger charge is -1.89. The molecule has 2 aromatic heterocycles. The van der Waals surface area contributed by atoms with E-state index < -0.39 is 0 Å². The molecular formula is C17H16O2S2. The van der Waals surface area contributed by atoms with Crippen molar-refractivity contribution in [3.05, 3.63) is 67.8 Å². The van der Waals surface area contributed by atoms with Gasteiger partial charge in [0.2, 0.25) is 0 Å². The van der Waals surface area contributed by atoms with Crippen LogP contribution in [0.3, 0.4) is 0 Å². The van der Waals surface area contributed by atoms with E-state index >= 15 is 0 Å². The van der Waals surface area contributed by atoms with Gasteiger partial charge in [-0.25, -0.2) is 0 Å². The number of ketones is 1. The first-order valence-corrected chi connectivity index (χ1v) is 8.20. The lowest BCUT2D eigenvalue weighted by Crippen LogP contribution is -1.88. The molecule has 0 aliphatic carbocycles. The quantitative estimate of drug-likeness (QED) is 0.470. The van der Waals surface area contributed by atoms with Crippen molar-refractivity contribution < 1.29 is 9.90 Å². The third-order valence-corrected chi connectivity index (χ3v) is 4.65. The summed E-state index contributed by atoms with van der Waals surface area (Å²) in [6.45, 7) is 4.03. The highest BCUT2D eigenvalue weighted by atomic mass is 32.1. The van der Waals surface area contributed by atoms with Crippen LogP contribution in [0, 0.1) is 13.8 Å². The minimum absolute atomic E-state index is 0.0435. The van der Waals surface area contributed by atoms with Crippen LogP contribution in [0.4, 0.5) is 0 Å². The summed E-state index contributed by atoms with van der Waals surface area (Å²) >= 11 is 3.18. The third-order valence-electron chi connectivity index (χ3n) is 2.62. The maximum absolute atomic E-state index is 11.7. The first-order chi connectivity index (χ1) is 10.0. The Bertz CT molecular complexity index is 715. The summed E-state index contributed by atoms with van der Waals surface area (Å²) in [5, 5.41) is 13.8. The molecule has 2 aromatic rings. The van der Waals surface area contributed by atoms with Gasteiger partial charge in [-0.1, -0.05) is 0 Å². The van der Waals surface area contributed by atoms with Gasteiger partial charge in [-0.2, -0.15) is 0 Å². The number of aliphatic hydroxyl groups is 1. The van der Waals surface area contributed by atoms with Crippen molar-refractivity contribution in [2.24, 2.45) is 0 Å². The first-order valence-electron chi connectivity index (χ1n) is 6.44. The fourth-order valence-electron chi connectivity index (χ4n) is 1.66. The van der Waals surface area contributed by atoms with Crippen molar-refractivity contribution in [1.29, 1.82) is 0 Å². The maximum Gasteiger partial charge on any atom is 0.182 e. The number of carbonyl (C=O) groups is 1. The van der Waals surface area contributed by atoms with Crippen molar-refractivity contribution in [1.82, 2.24) is 0 Å². The summed E-state index contributed by atoms with van der Waals surface area (Å²) in [5.74, 6) is -0.274. The number of allylic oxidation sites excluding steroid dienone is 3. The molecule has 0 aromatic carbocycles. The van der Waals surface area contributed by atoms with Crippen molar-refractivity contribution in [3.63, 3.8) is 0 Å². The van der Waals surface area contributed by atoms with E-state index in [0.29, 0.717) is 0 Å². The number of rotatable bonds is 5. The summed E-state index contributed by atoms with van der Waals surface area (Å²) in [6, 6.07) is 4.03. The average Bonchev–Trinajstić information content (AvgIpc) is 3.03. The molecule has 2 heterocycles. The maximum atomic E-state index is 11.7. The predicted molar refractivity (Wildman–Crippen MR) is 91.9 cm³/mol. The van der Waals surface area contributed by atoms with Crippen LogP contribution in [0.1, 0.15) is 20.9 Å². The minimum Gasteiger partial charge on any atom is -0.508 e. The molecular weight excluding hydrogens is 300 g/mol. The number of aryl methyl sites for hydroxylation is 2. The van der Waals surface area contributed by atoms with E-state index in [4.69, 9.17) is 0 Å². The van der Waals surface area contributed by atoms with Crippen molar-refractivity contribution in [3.8, 4) is 0 Å². The summed E-state index contributed by atoms with van der Waals surface area (Å²) in [5.41, 5.74) is 2.37. The van der Waals surface area contributed by atoms with E-state index in [0.717, 1.165) is 9.75 Å². The van der Waals surface area contributed by atoms with Gasteiger partial charge in [0.25, 0.3) is 0 Å². The number of carbonyl (C=O) groups excluding carboxylic acids is 1. The molecule has 0 saturated heterocycles. The predicted octanol–water partition coefficient (Wildman–Crippen LogP) is 5.16. The van der Waals surface area contributed by atoms with Crippen molar-refractivity contribution in [2.45, 2.75) is 13.8 Å². The molecule has 0 atom stereocenters. The Morgan fingerprint density at radius 1 is 1.00 bits per heavy atom. The van der Waals surface area contributed by atoms with Crippen LogP contribution < -0.4 is 0 Å². The standard InChI is InChI=1S/C17H16O2S2/c1-12-7-16(20-10-12)5-3-14(18)9-15(19)4-6-17-8-13(2)11-21-17/h3-11,18H,1-2H3. The molecule has 0 amide bonds. The van der Waals surface area contributed by atoms with E-state index in [2.05, 4.69) is 0 Å². The van der Waals surface area contributed by atoms with E-state index in [1.807, 2.05) is 36.7 Å². The van der Waals surface area contributed by atoms with Gasteiger partial charge in [0.1, 0.15) is 5.76 Å². The summed E-state index contributed by atoms with van der Waals surface area (Å²) in [6.07, 6.45) is 7.77. The Kier molecular flexibility index (Phi) is 5.31. The van der Waals surface area contributed by atoms with Gasteiger partial charge in [-0.05, 0) is 72.2 Å². The Morgan fingerprint density at radius 3 is 2.00 bits per heavy atom. The molecule has 0 spiro atoms. The van der Waals surface area contributed by atoms with Crippen LogP contribution in [0.5, 0.6) is 0 Å². The van der Waals surface area contributed by atoms with Crippen molar-refractivity contribution in [2.75, 3.05) is 0 Å². The third kappa shape index (κ3) is 5.17. The van der Waals surface area contributed by atoms with Gasteiger partial charge in [-0.15, -0.1) is 22.7 Å². The number of hydrogen-bond acceptors (Lipinski definition) is 4. The molecule has 0 bridgehead atoms. The fraction of sp³-hybridized carbons (Fsp3) is 0.118. The molecule has 2 rings (SSSR count). The molecule has 1 N–H and O–H groups in total. The molecule has 21 heavy (non-hydrogen) atoms. The highest BCUT2D eigenvalue weighted by Crippen LogP contribution is 2.16. The van der Waals surface area contributed by atoms with E-state index in [9.17, 15) is 9.90 Å². The Hall–Kier alpha value is -1.91. The highest BCUT2D eigenvalue weighted by molar-refractivity contribution is 7.11. The van der Waals surface area contributed by atoms with Gasteiger partial charge < -0.3 is 5.11 Å². The van der Waals surface area contributed by atoms with Gasteiger partial charge in [0.15, 0.2) is 5.78 Å². The minimum atomic E-state index is -0.231. The van der Waals surface area contributed by atoms with Gasteiger partial charge in [0, 0.05) is 15.8 Å². The van der Waals surface area contributed by atoms with Crippen LogP contribution in [-0.2, 0) is 4.79 Å². The largest absolute Gasteiger partial charge is 0.508 e. The summed E-state index contributed by atoms with van der Waals surface area (Å²) < 4.78 is 0. The average molecular weight is 316 g/mol. The topological polar surface area (TPSA) is 37.3 Å². The number of aliphatic hydroxyl groups excluding tert-OH is 1. The van der Waals surface area contributed by atoms with Gasteiger partial charge in [-0.3, -0.25) is 4.79 Å². The van der Waals surface area contributed by atoms with Crippen LogP contribution in [0.2, 0.25) is 0 Å². The monoisotopic (exact) mass is 316 g/mol. The molecule has 2 nitrogen and oxygen atoms in total. The highest BCUT2D eigenvalue weighted by Gasteiger charge is 1.97. The van der Waals surface area contributed by atoms with Crippen LogP contribution in [-0.4, -0.2) is 10.9 Å². The van der Waals surface area contributed by atoms with E-state index in [-0.39, 0.29) is 11.5 Å². The van der Waals surface area contributed by atoms with Crippen LogP contribution >= 0.6 is 22.7 Å². The SMILES string of the molecule is Cc1csc(C=CC(=O)C=C(O)C=Cc2cc(C)cs2)c1. The molecule has 0 fully saturated rings. The van der Waals surface area contributed by atoms with E-state index in [1.54, 1.807) is 34.8 Å². The Balaban J connectivity index is 1.96. The Morgan fingerprint density at radius 2 is 1.52 bits per heavy atom. The fourth-order valence-corrected chi connectivity index (χ4v) is 3.24.